The number of rotatable bonds is 7. The summed E-state index contributed by atoms with van der Waals surface area (Å²) >= 11 is 0.906. The molecule has 0 fully saturated rings. The van der Waals surface area contributed by atoms with Crippen LogP contribution < -0.4 is 0 Å². The summed E-state index contributed by atoms with van der Waals surface area (Å²) in [6.45, 7) is 14.3. The molecule has 1 unspecified atom stereocenters. The molecule has 0 saturated carbocycles. The van der Waals surface area contributed by atoms with Gasteiger partial charge in [-0.05, 0) is 0 Å². The molecule has 1 amide bonds. The Hall–Kier alpha value is -0.125. The summed E-state index contributed by atoms with van der Waals surface area (Å²) in [6.07, 6.45) is 3.88. The average molecular weight is 354 g/mol. The fraction of sp³-hybridized carbons (Fsp3) is 0.700. The zero-order valence-corrected chi connectivity index (χ0v) is 16.0. The van der Waals surface area contributed by atoms with Crippen molar-refractivity contribution in [1.29, 1.82) is 0 Å². The van der Waals surface area contributed by atoms with Crippen LogP contribution in [0.25, 0.3) is 0 Å². The number of amides is 1. The van der Waals surface area contributed by atoms with Crippen LogP contribution in [0.3, 0.4) is 0 Å². The quantitative estimate of drug-likeness (QED) is 0.378. The van der Waals surface area contributed by atoms with Crippen molar-refractivity contribution in [2.75, 3.05) is 6.61 Å². The predicted octanol–water partition coefficient (Wildman–Crippen LogP) is 0.448. The van der Waals surface area contributed by atoms with Crippen LogP contribution in [0.15, 0.2) is 12.3 Å². The Morgan fingerprint density at radius 3 is 2.75 bits per heavy atom. The third-order valence-electron chi connectivity index (χ3n) is 2.74. The molecule has 118 valence electrons. The zero-order chi connectivity index (χ0) is 18.0. The van der Waals surface area contributed by atoms with Crippen LogP contribution in [0.2, 0.25) is 0 Å². The van der Waals surface area contributed by atoms with Crippen molar-refractivity contribution in [3.63, 3.8) is 0 Å². The van der Waals surface area contributed by atoms with E-state index in [4.69, 9.17) is 8.92 Å². The molecule has 0 N–H and O–H groups in total. The second kappa shape index (κ2) is 11.5. The van der Waals surface area contributed by atoms with Crippen LogP contribution in [0, 0.1) is 0 Å². The molecular weight excluding hydrogens is 337 g/mol. The van der Waals surface area contributed by atoms with Gasteiger partial charge in [-0.1, -0.05) is 0 Å². The van der Waals surface area contributed by atoms with Gasteiger partial charge in [-0.25, -0.2) is 0 Å². The molecule has 14 heteroatoms. The summed E-state index contributed by atoms with van der Waals surface area (Å²) < 4.78 is 22.5. The van der Waals surface area contributed by atoms with Crippen molar-refractivity contribution in [3.8, 4) is 0 Å². The molecule has 1 aliphatic rings. The molecule has 0 spiro atoms. The standard InChI is InChI=1S/C10H17B7NO4PS/c1-10(2,3)22-9(19)18-6-4-5-8(18)7-21-24-23(20)17-16-15-14-13-12-11/h4,6,8,11H,5,7H2,1-3H3/t8-/m0/s1. The Balaban J connectivity index is 2.41. The maximum atomic E-state index is 12.1. The first-order chi connectivity index (χ1) is 11.3. The Kier molecular flexibility index (Phi) is 10.5. The van der Waals surface area contributed by atoms with E-state index < -0.39 is 18.2 Å². The summed E-state index contributed by atoms with van der Waals surface area (Å²) in [4.78, 5) is 13.6. The molecule has 0 aromatic heterocycles. The van der Waals surface area contributed by atoms with Crippen LogP contribution >= 0.6 is 18.2 Å². The second-order valence-corrected chi connectivity index (χ2v) is 8.74. The number of carbonyl (C=O) groups excluding carboxylic acids is 1. The van der Waals surface area contributed by atoms with Gasteiger partial charge in [0.25, 0.3) is 0 Å². The Bertz CT molecular complexity index is 615. The second-order valence-electron chi connectivity index (χ2n) is 5.96. The fourth-order valence-electron chi connectivity index (χ4n) is 1.75. The molecule has 0 aromatic carbocycles. The molecule has 0 bridgehead atoms. The van der Waals surface area contributed by atoms with Crippen molar-refractivity contribution in [2.45, 2.75) is 38.8 Å². The van der Waals surface area contributed by atoms with Crippen LogP contribution in [0.1, 0.15) is 27.2 Å². The third kappa shape index (κ3) is 9.38. The van der Waals surface area contributed by atoms with Crippen molar-refractivity contribution in [3.05, 3.63) is 12.3 Å². The van der Waals surface area contributed by atoms with E-state index in [1.165, 1.54) is 4.90 Å². The van der Waals surface area contributed by atoms with Gasteiger partial charge >= 0.3 is 152 Å². The van der Waals surface area contributed by atoms with Gasteiger partial charge in [0.1, 0.15) is 0 Å². The summed E-state index contributed by atoms with van der Waals surface area (Å²) in [6, 6.07) is -0.137. The maximum absolute atomic E-state index is 12.1. The van der Waals surface area contributed by atoms with E-state index >= 15 is 0 Å². The van der Waals surface area contributed by atoms with E-state index in [0.29, 0.717) is 6.42 Å². The minimum absolute atomic E-state index is 0.137. The van der Waals surface area contributed by atoms with E-state index in [-0.39, 0.29) is 12.6 Å². The number of ether oxygens (including phenoxy) is 1. The van der Waals surface area contributed by atoms with Crippen LogP contribution in [-0.2, 0) is 13.5 Å². The molecule has 5 nitrogen and oxygen atoms in total. The summed E-state index contributed by atoms with van der Waals surface area (Å²) in [5, 5.41) is 0. The van der Waals surface area contributed by atoms with Gasteiger partial charge < -0.3 is 0 Å². The minimum atomic E-state index is -1.66. The molecular formula is C10H17B7NO4PS. The molecule has 0 saturated heterocycles. The third-order valence-corrected chi connectivity index (χ3v) is 4.66. The zero-order valence-electron chi connectivity index (χ0n) is 14.3. The van der Waals surface area contributed by atoms with Gasteiger partial charge in [0, 0.05) is 0 Å². The fourth-order valence-corrected chi connectivity index (χ4v) is 3.22. The Morgan fingerprint density at radius 2 is 2.08 bits per heavy atom. The molecule has 1 rings (SSSR count). The van der Waals surface area contributed by atoms with Crippen LogP contribution in [0.5, 0.6) is 0 Å². The monoisotopic (exact) mass is 355 g/mol. The van der Waals surface area contributed by atoms with Gasteiger partial charge in [0.2, 0.25) is 0 Å². The summed E-state index contributed by atoms with van der Waals surface area (Å²) in [5.74, 6) is 0. The van der Waals surface area contributed by atoms with Crippen LogP contribution in [-0.4, -0.2) is 76.6 Å². The van der Waals surface area contributed by atoms with E-state index in [0.717, 1.165) is 11.7 Å². The predicted molar refractivity (Wildman–Crippen MR) is 108 cm³/mol. The van der Waals surface area contributed by atoms with Crippen molar-refractivity contribution < 1.29 is 18.3 Å². The molecule has 1 aliphatic heterocycles. The number of nitrogens with zero attached hydrogens (tertiary/aromatic N) is 1. The van der Waals surface area contributed by atoms with E-state index in [9.17, 15) is 9.36 Å². The normalized spacial score (nSPS) is 16.8. The van der Waals surface area contributed by atoms with E-state index in [2.05, 4.69) is 7.37 Å². The first-order valence-corrected chi connectivity index (χ1v) is 10.2. The van der Waals surface area contributed by atoms with Gasteiger partial charge in [-0.3, -0.25) is 0 Å². The average Bonchev–Trinajstić information content (AvgIpc) is 2.94. The van der Waals surface area contributed by atoms with Gasteiger partial charge in [-0.2, -0.15) is 0 Å². The van der Waals surface area contributed by atoms with Crippen molar-refractivity contribution >= 4 is 71.6 Å². The molecule has 0 radical (unpaired) electrons. The van der Waals surface area contributed by atoms with Crippen LogP contribution in [0.4, 0.5) is 4.79 Å². The Morgan fingerprint density at radius 1 is 1.38 bits per heavy atom. The van der Waals surface area contributed by atoms with Crippen molar-refractivity contribution in [2.24, 2.45) is 0 Å². The molecule has 24 heavy (non-hydrogen) atoms. The SMILES string of the molecule is B=BB=BB=BB=P(=O)SOC[C@@H]1CC=CN1C(=O)OC(C)(C)C. The molecule has 2 atom stereocenters. The summed E-state index contributed by atoms with van der Waals surface area (Å²) in [5.41, 5.74) is -0.543. The molecule has 0 aliphatic carbocycles. The number of hydrogen-bond acceptors (Lipinski definition) is 5. The topological polar surface area (TPSA) is 55.8 Å². The first kappa shape index (κ1) is 21.9. The number of hydrogen-bond donors (Lipinski definition) is 0. The van der Waals surface area contributed by atoms with Gasteiger partial charge in [0.15, 0.2) is 0 Å². The first-order valence-electron chi connectivity index (χ1n) is 7.56. The number of carbonyl (C=O) groups is 1. The Labute approximate surface area is 152 Å². The summed E-state index contributed by atoms with van der Waals surface area (Å²) in [7, 11) is 3.55. The van der Waals surface area contributed by atoms with Crippen molar-refractivity contribution in [1.82, 2.24) is 4.90 Å². The van der Waals surface area contributed by atoms with E-state index in [1.54, 1.807) is 46.2 Å². The molecule has 1 heterocycles. The molecule has 0 aromatic rings. The van der Waals surface area contributed by atoms with Gasteiger partial charge in [-0.15, -0.1) is 0 Å². The van der Waals surface area contributed by atoms with Gasteiger partial charge in [0.05, 0.1) is 0 Å². The van der Waals surface area contributed by atoms with E-state index in [1.807, 2.05) is 26.8 Å².